The lowest BCUT2D eigenvalue weighted by Gasteiger charge is -2.18. The first-order chi connectivity index (χ1) is 10.5. The summed E-state index contributed by atoms with van der Waals surface area (Å²) in [4.78, 5) is 13.9. The maximum absolute atomic E-state index is 12.5. The number of amides is 1. The van der Waals surface area contributed by atoms with E-state index >= 15 is 0 Å². The van der Waals surface area contributed by atoms with Crippen molar-refractivity contribution in [1.82, 2.24) is 0 Å². The molecular weight excluding hydrogens is 290 g/mol. The van der Waals surface area contributed by atoms with Gasteiger partial charge in [-0.15, -0.1) is 11.3 Å². The van der Waals surface area contributed by atoms with Gasteiger partial charge in [-0.3, -0.25) is 4.79 Å². The minimum absolute atomic E-state index is 0.0318. The number of benzene rings is 1. The van der Waals surface area contributed by atoms with Crippen LogP contribution in [-0.4, -0.2) is 5.91 Å². The third-order valence-corrected chi connectivity index (χ3v) is 5.53. The number of anilines is 1. The van der Waals surface area contributed by atoms with E-state index in [2.05, 4.69) is 38.2 Å². The van der Waals surface area contributed by atoms with E-state index in [1.807, 2.05) is 17.5 Å². The number of thiophene rings is 1. The van der Waals surface area contributed by atoms with Crippen molar-refractivity contribution in [3.8, 4) is 0 Å². The summed E-state index contributed by atoms with van der Waals surface area (Å²) in [7, 11) is 0. The van der Waals surface area contributed by atoms with Gasteiger partial charge in [0.15, 0.2) is 0 Å². The molecule has 1 aromatic carbocycles. The fraction of sp³-hybridized carbons (Fsp3) is 0.421. The van der Waals surface area contributed by atoms with Crippen LogP contribution in [0.2, 0.25) is 0 Å². The molecule has 1 amide bonds. The van der Waals surface area contributed by atoms with Crippen molar-refractivity contribution in [2.75, 3.05) is 5.32 Å². The topological polar surface area (TPSA) is 29.1 Å². The van der Waals surface area contributed by atoms with Crippen LogP contribution < -0.4 is 5.32 Å². The lowest BCUT2D eigenvalue weighted by Crippen LogP contribution is -2.16. The van der Waals surface area contributed by atoms with Crippen LogP contribution >= 0.6 is 11.3 Å². The van der Waals surface area contributed by atoms with Crippen LogP contribution in [0.5, 0.6) is 0 Å². The maximum Gasteiger partial charge on any atom is 0.256 e. The summed E-state index contributed by atoms with van der Waals surface area (Å²) in [6, 6.07) is 8.17. The Balaban J connectivity index is 1.75. The Bertz CT molecular complexity index is 669. The van der Waals surface area contributed by atoms with Gasteiger partial charge >= 0.3 is 0 Å². The van der Waals surface area contributed by atoms with Crippen LogP contribution in [0.25, 0.3) is 0 Å². The summed E-state index contributed by atoms with van der Waals surface area (Å²) in [6.07, 6.45) is 3.35. The lowest BCUT2D eigenvalue weighted by atomic mass is 9.88. The molecule has 22 heavy (non-hydrogen) atoms. The standard InChI is InChI=1S/C19H23NOS/c1-12(2)14-5-7-15(8-6-14)20-19(21)17-11-22-18-10-13(3)4-9-16(17)18/h5-8,11-13H,4,9-10H2,1-3H3,(H,20,21)/t13-/m1/s1. The fourth-order valence-electron chi connectivity index (χ4n) is 3.02. The van der Waals surface area contributed by atoms with Gasteiger partial charge in [-0.05, 0) is 54.4 Å². The Morgan fingerprint density at radius 3 is 2.68 bits per heavy atom. The molecule has 0 aliphatic heterocycles. The second-order valence-electron chi connectivity index (χ2n) is 6.63. The van der Waals surface area contributed by atoms with E-state index in [0.717, 1.165) is 30.0 Å². The molecule has 0 saturated heterocycles. The second kappa shape index (κ2) is 6.25. The SMILES string of the molecule is CC(C)c1ccc(NC(=O)c2csc3c2CC[C@@H](C)C3)cc1. The summed E-state index contributed by atoms with van der Waals surface area (Å²) in [5, 5.41) is 5.07. The quantitative estimate of drug-likeness (QED) is 0.824. The molecule has 1 atom stereocenters. The van der Waals surface area contributed by atoms with Crippen molar-refractivity contribution in [2.45, 2.75) is 46.0 Å². The first kappa shape index (κ1) is 15.3. The van der Waals surface area contributed by atoms with Gasteiger partial charge in [0.2, 0.25) is 0 Å². The van der Waals surface area contributed by atoms with Crippen molar-refractivity contribution in [3.63, 3.8) is 0 Å². The van der Waals surface area contributed by atoms with Gasteiger partial charge in [0.1, 0.15) is 0 Å². The highest BCUT2D eigenvalue weighted by Crippen LogP contribution is 2.33. The number of hydrogen-bond acceptors (Lipinski definition) is 2. The summed E-state index contributed by atoms with van der Waals surface area (Å²) in [5.74, 6) is 1.28. The van der Waals surface area contributed by atoms with E-state index in [4.69, 9.17) is 0 Å². The van der Waals surface area contributed by atoms with Gasteiger partial charge in [-0.2, -0.15) is 0 Å². The third-order valence-electron chi connectivity index (χ3n) is 4.48. The summed E-state index contributed by atoms with van der Waals surface area (Å²) in [6.45, 7) is 6.64. The van der Waals surface area contributed by atoms with E-state index in [9.17, 15) is 4.79 Å². The summed E-state index contributed by atoms with van der Waals surface area (Å²) >= 11 is 1.74. The predicted octanol–water partition coefficient (Wildman–Crippen LogP) is 5.25. The van der Waals surface area contributed by atoms with Gasteiger partial charge < -0.3 is 5.32 Å². The third kappa shape index (κ3) is 3.09. The molecule has 3 heteroatoms. The minimum Gasteiger partial charge on any atom is -0.322 e. The number of rotatable bonds is 3. The van der Waals surface area contributed by atoms with Crippen LogP contribution in [0.15, 0.2) is 29.6 Å². The Morgan fingerprint density at radius 1 is 1.27 bits per heavy atom. The highest BCUT2D eigenvalue weighted by Gasteiger charge is 2.23. The number of carbonyl (C=O) groups excluding carboxylic acids is 1. The number of hydrogen-bond donors (Lipinski definition) is 1. The van der Waals surface area contributed by atoms with Crippen LogP contribution in [0, 0.1) is 5.92 Å². The Kier molecular flexibility index (Phi) is 4.34. The monoisotopic (exact) mass is 313 g/mol. The van der Waals surface area contributed by atoms with Crippen LogP contribution in [-0.2, 0) is 12.8 Å². The Morgan fingerprint density at radius 2 is 2.00 bits per heavy atom. The van der Waals surface area contributed by atoms with Gasteiger partial charge in [-0.25, -0.2) is 0 Å². The Hall–Kier alpha value is -1.61. The molecule has 0 unspecified atom stereocenters. The molecule has 1 aliphatic rings. The molecule has 3 rings (SSSR count). The molecule has 1 aliphatic carbocycles. The molecule has 2 nitrogen and oxygen atoms in total. The van der Waals surface area contributed by atoms with E-state index in [0.29, 0.717) is 5.92 Å². The van der Waals surface area contributed by atoms with Crippen molar-refractivity contribution < 1.29 is 4.79 Å². The zero-order valence-corrected chi connectivity index (χ0v) is 14.3. The van der Waals surface area contributed by atoms with Gasteiger partial charge in [0, 0.05) is 15.9 Å². The van der Waals surface area contributed by atoms with Crippen molar-refractivity contribution in [1.29, 1.82) is 0 Å². The highest BCUT2D eigenvalue weighted by atomic mass is 32.1. The molecule has 0 saturated carbocycles. The fourth-order valence-corrected chi connectivity index (χ4v) is 4.26. The molecular formula is C19H23NOS. The number of fused-ring (bicyclic) bond motifs is 1. The van der Waals surface area contributed by atoms with Crippen LogP contribution in [0.3, 0.4) is 0 Å². The second-order valence-corrected chi connectivity index (χ2v) is 7.59. The summed E-state index contributed by atoms with van der Waals surface area (Å²) in [5.41, 5.74) is 4.32. The molecule has 0 spiro atoms. The van der Waals surface area contributed by atoms with E-state index in [1.54, 1.807) is 11.3 Å². The van der Waals surface area contributed by atoms with Gasteiger partial charge in [0.05, 0.1) is 5.56 Å². The van der Waals surface area contributed by atoms with Crippen molar-refractivity contribution in [2.24, 2.45) is 5.92 Å². The molecule has 0 radical (unpaired) electrons. The summed E-state index contributed by atoms with van der Waals surface area (Å²) < 4.78 is 0. The minimum atomic E-state index is 0.0318. The highest BCUT2D eigenvalue weighted by molar-refractivity contribution is 7.10. The van der Waals surface area contributed by atoms with Crippen molar-refractivity contribution >= 4 is 22.9 Å². The largest absolute Gasteiger partial charge is 0.322 e. The molecule has 0 bridgehead atoms. The van der Waals surface area contributed by atoms with Crippen LogP contribution in [0.4, 0.5) is 5.69 Å². The first-order valence-electron chi connectivity index (χ1n) is 8.05. The smallest absolute Gasteiger partial charge is 0.256 e. The predicted molar refractivity (Wildman–Crippen MR) is 94.0 cm³/mol. The van der Waals surface area contributed by atoms with E-state index < -0.39 is 0 Å². The lowest BCUT2D eigenvalue weighted by molar-refractivity contribution is 0.102. The number of carbonyl (C=O) groups is 1. The molecule has 1 heterocycles. The Labute approximate surface area is 136 Å². The van der Waals surface area contributed by atoms with Crippen LogP contribution in [0.1, 0.15) is 59.5 Å². The number of nitrogens with one attached hydrogen (secondary N) is 1. The maximum atomic E-state index is 12.5. The van der Waals surface area contributed by atoms with Gasteiger partial charge in [-0.1, -0.05) is 32.9 Å². The van der Waals surface area contributed by atoms with Gasteiger partial charge in [0.25, 0.3) is 5.91 Å². The van der Waals surface area contributed by atoms with Crippen molar-refractivity contribution in [3.05, 3.63) is 51.2 Å². The molecule has 1 N–H and O–H groups in total. The first-order valence-corrected chi connectivity index (χ1v) is 8.93. The molecule has 116 valence electrons. The zero-order chi connectivity index (χ0) is 15.7. The normalized spacial score (nSPS) is 17.4. The van der Waals surface area contributed by atoms with E-state index in [-0.39, 0.29) is 5.91 Å². The van der Waals surface area contributed by atoms with E-state index in [1.165, 1.54) is 22.4 Å². The average Bonchev–Trinajstić information content (AvgIpc) is 2.90. The average molecular weight is 313 g/mol. The molecule has 2 aromatic rings. The zero-order valence-electron chi connectivity index (χ0n) is 13.5. The molecule has 1 aromatic heterocycles. The molecule has 0 fully saturated rings.